The maximum Gasteiger partial charge on any atom is 0.251 e. The van der Waals surface area contributed by atoms with Gasteiger partial charge in [0.05, 0.1) is 16.8 Å². The van der Waals surface area contributed by atoms with Crippen molar-refractivity contribution < 1.29 is 9.59 Å². The summed E-state index contributed by atoms with van der Waals surface area (Å²) in [7, 11) is 0. The van der Waals surface area contributed by atoms with Crippen LogP contribution in [0.25, 0.3) is 0 Å². The van der Waals surface area contributed by atoms with Crippen LogP contribution in [0.4, 0.5) is 5.69 Å². The third-order valence-corrected chi connectivity index (χ3v) is 2.55. The Bertz CT molecular complexity index is 432. The highest BCUT2D eigenvalue weighted by atomic mass is 35.5. The minimum atomic E-state index is -0.510. The zero-order chi connectivity index (χ0) is 12.3. The van der Waals surface area contributed by atoms with Crippen LogP contribution in [0.2, 0.25) is 5.02 Å². The van der Waals surface area contributed by atoms with Crippen LogP contribution >= 0.6 is 11.6 Å². The molecule has 0 aromatic heterocycles. The third kappa shape index (κ3) is 2.97. The fourth-order valence-electron chi connectivity index (χ4n) is 1.05. The molecule has 0 bridgehead atoms. The second-order valence-corrected chi connectivity index (χ2v) is 3.95. The molecule has 0 aliphatic carbocycles. The number of Topliss-reactive ketones (excluding diaryl/α,β-unsaturated/α-hetero) is 1. The lowest BCUT2D eigenvalue weighted by Gasteiger charge is -2.10. The van der Waals surface area contributed by atoms with Gasteiger partial charge in [0.15, 0.2) is 5.78 Å². The van der Waals surface area contributed by atoms with Crippen molar-refractivity contribution in [2.75, 3.05) is 5.73 Å². The van der Waals surface area contributed by atoms with Crippen LogP contribution < -0.4 is 11.1 Å². The Morgan fingerprint density at radius 2 is 2.06 bits per heavy atom. The molecular formula is C11H13ClN2O2. The molecule has 1 atom stereocenters. The summed E-state index contributed by atoms with van der Waals surface area (Å²) >= 11 is 5.79. The van der Waals surface area contributed by atoms with Crippen LogP contribution in [0.15, 0.2) is 18.2 Å². The van der Waals surface area contributed by atoms with Crippen molar-refractivity contribution in [2.45, 2.75) is 19.9 Å². The van der Waals surface area contributed by atoms with Crippen molar-refractivity contribution in [3.8, 4) is 0 Å². The number of nitrogen functional groups attached to an aromatic ring is 1. The molecule has 0 saturated carbocycles. The molecule has 16 heavy (non-hydrogen) atoms. The number of carbonyl (C=O) groups is 2. The number of halogens is 1. The Hall–Kier alpha value is -1.55. The smallest absolute Gasteiger partial charge is 0.251 e. The van der Waals surface area contributed by atoms with E-state index in [9.17, 15) is 9.59 Å². The van der Waals surface area contributed by atoms with Gasteiger partial charge in [0.25, 0.3) is 5.91 Å². The van der Waals surface area contributed by atoms with E-state index < -0.39 is 6.04 Å². The molecular weight excluding hydrogens is 228 g/mol. The molecule has 86 valence electrons. The first-order valence-corrected chi connectivity index (χ1v) is 5.16. The summed E-state index contributed by atoms with van der Waals surface area (Å²) in [5, 5.41) is 2.88. The summed E-state index contributed by atoms with van der Waals surface area (Å²) in [6.07, 6.45) is 0. The molecule has 1 rings (SSSR count). The molecule has 0 aliphatic heterocycles. The summed E-state index contributed by atoms with van der Waals surface area (Å²) in [5.41, 5.74) is 6.32. The molecule has 1 amide bonds. The Morgan fingerprint density at radius 1 is 1.44 bits per heavy atom. The van der Waals surface area contributed by atoms with Gasteiger partial charge in [-0.3, -0.25) is 9.59 Å². The number of rotatable bonds is 3. The van der Waals surface area contributed by atoms with Crippen LogP contribution in [-0.2, 0) is 4.79 Å². The molecule has 0 spiro atoms. The molecule has 5 heteroatoms. The Balaban J connectivity index is 2.81. The predicted octanol–water partition coefficient (Wildman–Crippen LogP) is 1.63. The van der Waals surface area contributed by atoms with Gasteiger partial charge in [-0.2, -0.15) is 0 Å². The molecule has 0 fully saturated rings. The number of nitrogens with two attached hydrogens (primary N) is 1. The normalized spacial score (nSPS) is 11.9. The van der Waals surface area contributed by atoms with Gasteiger partial charge in [-0.05, 0) is 32.0 Å². The second-order valence-electron chi connectivity index (χ2n) is 3.54. The maximum atomic E-state index is 11.7. The number of benzene rings is 1. The quantitative estimate of drug-likeness (QED) is 0.789. The molecule has 0 heterocycles. The first-order valence-electron chi connectivity index (χ1n) is 4.78. The zero-order valence-electron chi connectivity index (χ0n) is 9.08. The Morgan fingerprint density at radius 3 is 2.56 bits per heavy atom. The monoisotopic (exact) mass is 240 g/mol. The molecule has 3 N–H and O–H groups in total. The van der Waals surface area contributed by atoms with Crippen LogP contribution in [0, 0.1) is 0 Å². The number of carbonyl (C=O) groups excluding carboxylic acids is 2. The zero-order valence-corrected chi connectivity index (χ0v) is 9.84. The average Bonchev–Trinajstić information content (AvgIpc) is 2.21. The number of hydrogen-bond acceptors (Lipinski definition) is 3. The summed E-state index contributed by atoms with van der Waals surface area (Å²) in [5.74, 6) is -0.445. The number of anilines is 1. The first-order chi connectivity index (χ1) is 7.41. The molecule has 4 nitrogen and oxygen atoms in total. The van der Waals surface area contributed by atoms with E-state index >= 15 is 0 Å². The van der Waals surface area contributed by atoms with E-state index in [4.69, 9.17) is 17.3 Å². The number of hydrogen-bond donors (Lipinski definition) is 2. The molecule has 0 aliphatic rings. The van der Waals surface area contributed by atoms with E-state index in [1.807, 2.05) is 0 Å². The van der Waals surface area contributed by atoms with Crippen molar-refractivity contribution in [1.82, 2.24) is 5.32 Å². The van der Waals surface area contributed by atoms with Gasteiger partial charge < -0.3 is 11.1 Å². The van der Waals surface area contributed by atoms with Gasteiger partial charge in [-0.1, -0.05) is 11.6 Å². The highest BCUT2D eigenvalue weighted by molar-refractivity contribution is 6.33. The van der Waals surface area contributed by atoms with Crippen molar-refractivity contribution in [3.05, 3.63) is 28.8 Å². The number of amides is 1. The summed E-state index contributed by atoms with van der Waals surface area (Å²) in [4.78, 5) is 22.6. The highest BCUT2D eigenvalue weighted by Crippen LogP contribution is 2.19. The van der Waals surface area contributed by atoms with Crippen molar-refractivity contribution >= 4 is 29.0 Å². The van der Waals surface area contributed by atoms with E-state index in [2.05, 4.69) is 5.32 Å². The van der Waals surface area contributed by atoms with Gasteiger partial charge >= 0.3 is 0 Å². The minimum absolute atomic E-state index is 0.102. The van der Waals surface area contributed by atoms with Crippen molar-refractivity contribution in [1.29, 1.82) is 0 Å². The van der Waals surface area contributed by atoms with E-state index in [0.717, 1.165) is 0 Å². The summed E-state index contributed by atoms with van der Waals surface area (Å²) in [6, 6.07) is 4.07. The van der Waals surface area contributed by atoms with Crippen molar-refractivity contribution in [3.63, 3.8) is 0 Å². The predicted molar refractivity (Wildman–Crippen MR) is 63.5 cm³/mol. The fraction of sp³-hybridized carbons (Fsp3) is 0.273. The molecule has 0 radical (unpaired) electrons. The van der Waals surface area contributed by atoms with Crippen LogP contribution in [0.3, 0.4) is 0 Å². The van der Waals surface area contributed by atoms with Crippen LogP contribution in [0.1, 0.15) is 24.2 Å². The third-order valence-electron chi connectivity index (χ3n) is 2.22. The van der Waals surface area contributed by atoms with E-state index in [1.165, 1.54) is 13.0 Å². The number of ketones is 1. The molecule has 1 aromatic carbocycles. The minimum Gasteiger partial charge on any atom is -0.398 e. The van der Waals surface area contributed by atoms with E-state index in [0.29, 0.717) is 16.3 Å². The van der Waals surface area contributed by atoms with E-state index in [1.54, 1.807) is 19.1 Å². The van der Waals surface area contributed by atoms with Crippen LogP contribution in [-0.4, -0.2) is 17.7 Å². The lowest BCUT2D eigenvalue weighted by atomic mass is 10.1. The average molecular weight is 241 g/mol. The lowest BCUT2D eigenvalue weighted by molar-refractivity contribution is -0.118. The SMILES string of the molecule is CC(=O)[C@H](C)NC(=O)c1ccc(N)c(Cl)c1. The van der Waals surface area contributed by atoms with Gasteiger partial charge in [0.2, 0.25) is 0 Å². The Kier molecular flexibility index (Phi) is 3.90. The molecule has 0 unspecified atom stereocenters. The van der Waals surface area contributed by atoms with Crippen molar-refractivity contribution in [2.24, 2.45) is 0 Å². The van der Waals surface area contributed by atoms with Gasteiger partial charge in [0.1, 0.15) is 0 Å². The molecule has 1 aromatic rings. The summed E-state index contributed by atoms with van der Waals surface area (Å²) in [6.45, 7) is 3.04. The fourth-order valence-corrected chi connectivity index (χ4v) is 1.23. The topological polar surface area (TPSA) is 72.2 Å². The maximum absolute atomic E-state index is 11.7. The standard InChI is InChI=1S/C11H13ClN2O2/c1-6(7(2)15)14-11(16)8-3-4-10(13)9(12)5-8/h3-6H,13H2,1-2H3,(H,14,16)/t6-/m0/s1. The van der Waals surface area contributed by atoms with Gasteiger partial charge in [-0.25, -0.2) is 0 Å². The van der Waals surface area contributed by atoms with E-state index in [-0.39, 0.29) is 11.7 Å². The highest BCUT2D eigenvalue weighted by Gasteiger charge is 2.13. The summed E-state index contributed by atoms with van der Waals surface area (Å²) < 4.78 is 0. The van der Waals surface area contributed by atoms with Gasteiger partial charge in [0, 0.05) is 5.56 Å². The van der Waals surface area contributed by atoms with Gasteiger partial charge in [-0.15, -0.1) is 0 Å². The largest absolute Gasteiger partial charge is 0.398 e. The lowest BCUT2D eigenvalue weighted by Crippen LogP contribution is -2.37. The van der Waals surface area contributed by atoms with Crippen LogP contribution in [0.5, 0.6) is 0 Å². The first kappa shape index (κ1) is 12.5. The Labute approximate surface area is 98.8 Å². The molecule has 0 saturated heterocycles. The second kappa shape index (κ2) is 4.99. The number of nitrogens with one attached hydrogen (secondary N) is 1.